The Morgan fingerprint density at radius 2 is 1.49 bits per heavy atom. The smallest absolute Gasteiger partial charge is 0.343 e. The third-order valence-electron chi connectivity index (χ3n) is 9.12. The van der Waals surface area contributed by atoms with Gasteiger partial charge in [0, 0.05) is 19.2 Å². The van der Waals surface area contributed by atoms with E-state index in [4.69, 9.17) is 37.3 Å². The van der Waals surface area contributed by atoms with Gasteiger partial charge in [0.15, 0.2) is 23.0 Å². The van der Waals surface area contributed by atoms with Crippen LogP contribution >= 0.6 is 15.2 Å². The Hall–Kier alpha value is -1.91. The van der Waals surface area contributed by atoms with Gasteiger partial charge in [-0.05, 0) is 101 Å². The number of imidazole rings is 1. The van der Waals surface area contributed by atoms with Crippen molar-refractivity contribution in [3.8, 4) is 6.07 Å². The zero-order valence-corrected chi connectivity index (χ0v) is 33.7. The minimum atomic E-state index is -4.17. The molecule has 2 aromatic heterocycles. The van der Waals surface area contributed by atoms with Gasteiger partial charge in [-0.2, -0.15) is 10.4 Å². The van der Waals surface area contributed by atoms with Crippen LogP contribution in [-0.4, -0.2) is 81.1 Å². The summed E-state index contributed by atoms with van der Waals surface area (Å²) in [6, 6.07) is 4.04. The van der Waals surface area contributed by atoms with Crippen LogP contribution in [-0.2, 0) is 41.4 Å². The van der Waals surface area contributed by atoms with E-state index in [1.54, 1.807) is 73.0 Å². The molecule has 4 fully saturated rings. The molecule has 1 saturated carbocycles. The van der Waals surface area contributed by atoms with Gasteiger partial charge in [-0.3, -0.25) is 9.13 Å². The highest BCUT2D eigenvalue weighted by molar-refractivity contribution is 7.71. The maximum atomic E-state index is 14.6. The number of nitrogens with zero attached hydrogens (tertiary/aromatic N) is 5. The summed E-state index contributed by atoms with van der Waals surface area (Å²) in [7, 11) is -8.21. The molecule has 3 saturated heterocycles. The quantitative estimate of drug-likeness (QED) is 0.219. The number of anilines is 1. The van der Waals surface area contributed by atoms with Crippen LogP contribution in [0.1, 0.15) is 113 Å². The van der Waals surface area contributed by atoms with E-state index in [0.717, 1.165) is 18.8 Å². The minimum absolute atomic E-state index is 0.231. The monoisotopic (exact) mass is 751 g/mol. The van der Waals surface area contributed by atoms with E-state index >= 15 is 0 Å². The van der Waals surface area contributed by atoms with E-state index in [9.17, 15) is 14.4 Å². The Kier molecular flexibility index (Phi) is 10.2. The number of nitriles is 1. The topological polar surface area (TPSA) is 156 Å². The fraction of sp³-hybridized carbons (Fsp3) is 0.800. The van der Waals surface area contributed by atoms with Crippen molar-refractivity contribution in [1.29, 1.82) is 5.26 Å². The summed E-state index contributed by atoms with van der Waals surface area (Å²) in [4.78, 5) is 7.12. The highest BCUT2D eigenvalue weighted by atomic mass is 31.2. The van der Waals surface area contributed by atoms with Crippen LogP contribution in [0.3, 0.4) is 0 Å². The van der Waals surface area contributed by atoms with Gasteiger partial charge < -0.3 is 37.2 Å². The van der Waals surface area contributed by atoms with E-state index in [1.807, 2.05) is 19.9 Å². The Morgan fingerprint density at radius 3 is 2.06 bits per heavy atom. The highest BCUT2D eigenvalue weighted by Crippen LogP contribution is 2.68. The van der Waals surface area contributed by atoms with Gasteiger partial charge >= 0.3 is 15.2 Å². The Labute approximate surface area is 301 Å². The molecular weight excluding hydrogens is 696 g/mol. The van der Waals surface area contributed by atoms with E-state index in [1.165, 1.54) is 19.3 Å². The fourth-order valence-electron chi connectivity index (χ4n) is 7.76. The molecule has 16 heteroatoms. The molecule has 0 N–H and O–H groups in total. The minimum Gasteiger partial charge on any atom is -0.368 e. The van der Waals surface area contributed by atoms with Gasteiger partial charge in [0.05, 0.1) is 41.0 Å². The summed E-state index contributed by atoms with van der Waals surface area (Å²) in [5.74, 6) is -0.261. The molecule has 14 nitrogen and oxygen atoms in total. The van der Waals surface area contributed by atoms with Gasteiger partial charge in [-0.15, -0.1) is 0 Å². The molecule has 0 aromatic carbocycles. The lowest BCUT2D eigenvalue weighted by molar-refractivity contribution is -0.191. The van der Waals surface area contributed by atoms with Gasteiger partial charge in [0.25, 0.3) is 0 Å². The summed E-state index contributed by atoms with van der Waals surface area (Å²) in [6.45, 7) is 21.0. The summed E-state index contributed by atoms with van der Waals surface area (Å²) in [5.41, 5.74) is -0.288. The predicted octanol–water partition coefficient (Wildman–Crippen LogP) is 7.60. The molecule has 0 amide bonds. The molecule has 7 atom stereocenters. The van der Waals surface area contributed by atoms with E-state index in [2.05, 4.69) is 16.1 Å². The predicted molar refractivity (Wildman–Crippen MR) is 191 cm³/mol. The van der Waals surface area contributed by atoms with Crippen LogP contribution in [0.2, 0.25) is 0 Å². The molecule has 1 aliphatic carbocycles. The van der Waals surface area contributed by atoms with Crippen molar-refractivity contribution in [3.05, 3.63) is 23.7 Å². The van der Waals surface area contributed by atoms with Crippen LogP contribution in [0.5, 0.6) is 0 Å². The van der Waals surface area contributed by atoms with E-state index in [0.29, 0.717) is 23.2 Å². The van der Waals surface area contributed by atoms with Crippen molar-refractivity contribution in [3.63, 3.8) is 0 Å². The second kappa shape index (κ2) is 13.4. The summed E-state index contributed by atoms with van der Waals surface area (Å²) in [6.07, 6.45) is 2.71. The van der Waals surface area contributed by atoms with Crippen LogP contribution in [0.4, 0.5) is 5.69 Å². The average molecular weight is 752 g/mol. The first-order valence-corrected chi connectivity index (χ1v) is 21.4. The normalized spacial score (nSPS) is 29.3. The van der Waals surface area contributed by atoms with Gasteiger partial charge in [-0.25, -0.2) is 9.50 Å². The number of hydrogen-bond acceptors (Lipinski definition) is 13. The maximum absolute atomic E-state index is 14.6. The SMILES string of the molecule is CC(C)(C)OP(=O)(CP(=O)(OC(C)(C)C)OC(C)(C)C)OC[C@H]1O[C@@H](c2cnc3c(N4CC5CCCC5C4)cc(C#N)nn23)[C@@H]2OC(C)(C)O[C@@H]21. The summed E-state index contributed by atoms with van der Waals surface area (Å²) in [5, 5.41) is 14.6. The van der Waals surface area contributed by atoms with Crippen molar-refractivity contribution < 1.29 is 41.4 Å². The summed E-state index contributed by atoms with van der Waals surface area (Å²) < 4.78 is 74.0. The van der Waals surface area contributed by atoms with Gasteiger partial charge in [0.2, 0.25) is 0 Å². The Balaban J connectivity index is 1.29. The average Bonchev–Trinajstić information content (AvgIpc) is 3.74. The van der Waals surface area contributed by atoms with Gasteiger partial charge in [-0.1, -0.05) is 6.42 Å². The Bertz CT molecular complexity index is 1720. The number of ether oxygens (including phenoxy) is 3. The first kappa shape index (κ1) is 38.8. The van der Waals surface area contributed by atoms with Crippen LogP contribution in [0, 0.1) is 23.2 Å². The van der Waals surface area contributed by atoms with E-state index < -0.39 is 68.1 Å². The second-order valence-corrected chi connectivity index (χ2v) is 22.1. The van der Waals surface area contributed by atoms with Crippen molar-refractivity contribution in [1.82, 2.24) is 14.6 Å². The Morgan fingerprint density at radius 1 is 0.922 bits per heavy atom. The van der Waals surface area contributed by atoms with Crippen molar-refractivity contribution >= 4 is 26.5 Å². The summed E-state index contributed by atoms with van der Waals surface area (Å²) >= 11 is 0. The fourth-order valence-corrected chi connectivity index (χ4v) is 13.4. The third-order valence-corrected chi connectivity index (χ3v) is 14.9. The molecule has 5 heterocycles. The first-order valence-electron chi connectivity index (χ1n) is 17.9. The molecular formula is C35H55N5O9P2. The lowest BCUT2D eigenvalue weighted by atomic mass is 10.0. The lowest BCUT2D eigenvalue weighted by Gasteiger charge is -2.35. The first-order chi connectivity index (χ1) is 23.4. The molecule has 6 rings (SSSR count). The third kappa shape index (κ3) is 8.91. The molecule has 3 unspecified atom stereocenters. The zero-order valence-electron chi connectivity index (χ0n) is 31.9. The molecule has 4 aliphatic rings. The molecule has 0 bridgehead atoms. The molecule has 0 radical (unpaired) electrons. The molecule has 2 aromatic rings. The van der Waals surface area contributed by atoms with Crippen LogP contribution in [0.25, 0.3) is 5.65 Å². The van der Waals surface area contributed by atoms with Crippen LogP contribution in [0.15, 0.2) is 12.3 Å². The standard InChI is InChI=1S/C35H55N5O9P2/c1-32(2,3)47-50(41,21-51(42,48-33(4,5)6)49-34(7,8)9)43-20-27-29-30(46-35(10,11)45-29)28(44-27)26-17-37-31-25(15-24(16-36)38-40(26)31)39-18-22-13-12-14-23(22)19-39/h15,17,22-23,27-30H,12-14,18-21H2,1-11H3/t22?,23?,27-,28+,29-,30+,50?/m1/s1. The molecule has 0 spiro atoms. The highest BCUT2D eigenvalue weighted by Gasteiger charge is 2.57. The molecule has 3 aliphatic heterocycles. The lowest BCUT2D eigenvalue weighted by Crippen LogP contribution is -2.33. The number of aromatic nitrogens is 3. The zero-order chi connectivity index (χ0) is 37.4. The molecule has 51 heavy (non-hydrogen) atoms. The van der Waals surface area contributed by atoms with Crippen LogP contribution < -0.4 is 4.90 Å². The number of hydrogen-bond donors (Lipinski definition) is 0. The van der Waals surface area contributed by atoms with Crippen molar-refractivity contribution in [2.45, 2.75) is 142 Å². The van der Waals surface area contributed by atoms with Gasteiger partial charge in [0.1, 0.15) is 30.5 Å². The largest absolute Gasteiger partial charge is 0.368 e. The van der Waals surface area contributed by atoms with E-state index in [-0.39, 0.29) is 12.3 Å². The maximum Gasteiger partial charge on any atom is 0.343 e. The second-order valence-electron chi connectivity index (χ2n) is 17.7. The number of fused-ring (bicyclic) bond motifs is 3. The van der Waals surface area contributed by atoms with Crippen molar-refractivity contribution in [2.24, 2.45) is 11.8 Å². The van der Waals surface area contributed by atoms with Crippen molar-refractivity contribution in [2.75, 3.05) is 30.5 Å². The molecule has 284 valence electrons. The number of rotatable bonds is 10.